The zero-order valence-corrected chi connectivity index (χ0v) is 28.1. The van der Waals surface area contributed by atoms with Gasteiger partial charge in [0.15, 0.2) is 4.80 Å². The van der Waals surface area contributed by atoms with Crippen molar-refractivity contribution in [2.45, 2.75) is 26.5 Å². The smallest absolute Gasteiger partial charge is 0.338 e. The van der Waals surface area contributed by atoms with E-state index in [-0.39, 0.29) is 30.3 Å². The van der Waals surface area contributed by atoms with E-state index in [9.17, 15) is 14.4 Å². The van der Waals surface area contributed by atoms with Crippen molar-refractivity contribution < 1.29 is 28.5 Å². The first-order valence-corrected chi connectivity index (χ1v) is 16.6. The van der Waals surface area contributed by atoms with Crippen molar-refractivity contribution in [3.05, 3.63) is 156 Å². The predicted molar refractivity (Wildman–Crippen MR) is 187 cm³/mol. The summed E-state index contributed by atoms with van der Waals surface area (Å²) in [4.78, 5) is 45.4. The average molecular weight is 675 g/mol. The number of aromatic nitrogens is 1. The molecule has 9 nitrogen and oxygen atoms in total. The van der Waals surface area contributed by atoms with E-state index >= 15 is 0 Å². The van der Waals surface area contributed by atoms with Crippen LogP contribution in [0.15, 0.2) is 118 Å². The second kappa shape index (κ2) is 15.0. The van der Waals surface area contributed by atoms with Gasteiger partial charge in [-0.05, 0) is 61.4 Å². The van der Waals surface area contributed by atoms with Crippen LogP contribution in [0.1, 0.15) is 52.5 Å². The summed E-state index contributed by atoms with van der Waals surface area (Å²) >= 11 is 1.24. The maximum Gasteiger partial charge on any atom is 0.338 e. The monoisotopic (exact) mass is 674 g/mol. The van der Waals surface area contributed by atoms with Gasteiger partial charge in [0.25, 0.3) is 5.56 Å². The summed E-state index contributed by atoms with van der Waals surface area (Å²) in [5.74, 6) is 0.301. The third-order valence-electron chi connectivity index (χ3n) is 7.87. The molecule has 0 bridgehead atoms. The van der Waals surface area contributed by atoms with Gasteiger partial charge in [-0.3, -0.25) is 9.36 Å². The zero-order valence-electron chi connectivity index (χ0n) is 27.3. The summed E-state index contributed by atoms with van der Waals surface area (Å²) in [7, 11) is 1.58. The maximum atomic E-state index is 14.3. The fraction of sp³-hybridized carbons (Fsp3) is 0.179. The summed E-state index contributed by atoms with van der Waals surface area (Å²) in [6.45, 7) is 4.23. The van der Waals surface area contributed by atoms with Crippen molar-refractivity contribution in [1.29, 1.82) is 0 Å². The molecule has 1 aliphatic heterocycles. The van der Waals surface area contributed by atoms with Crippen molar-refractivity contribution in [3.63, 3.8) is 0 Å². The molecule has 2 heterocycles. The van der Waals surface area contributed by atoms with Crippen LogP contribution in [0.3, 0.4) is 0 Å². The highest BCUT2D eigenvalue weighted by Gasteiger charge is 2.35. The minimum Gasteiger partial charge on any atom is -0.497 e. The molecule has 0 amide bonds. The first-order chi connectivity index (χ1) is 23.9. The molecule has 248 valence electrons. The average Bonchev–Trinajstić information content (AvgIpc) is 3.45. The molecule has 0 spiro atoms. The van der Waals surface area contributed by atoms with Gasteiger partial charge in [0, 0.05) is 11.1 Å². The Morgan fingerprint density at radius 3 is 2.20 bits per heavy atom. The number of carbonyl (C=O) groups is 2. The molecule has 0 N–H and O–H groups in total. The van der Waals surface area contributed by atoms with Crippen LogP contribution in [-0.2, 0) is 20.9 Å². The first-order valence-electron chi connectivity index (χ1n) is 15.8. The third kappa shape index (κ3) is 7.09. The van der Waals surface area contributed by atoms with Crippen LogP contribution in [0.2, 0.25) is 0 Å². The van der Waals surface area contributed by atoms with Crippen molar-refractivity contribution in [3.8, 4) is 11.5 Å². The van der Waals surface area contributed by atoms with Gasteiger partial charge in [-0.25, -0.2) is 14.6 Å². The largest absolute Gasteiger partial charge is 0.497 e. The van der Waals surface area contributed by atoms with Crippen LogP contribution >= 0.6 is 11.3 Å². The lowest BCUT2D eigenvalue weighted by molar-refractivity contribution is -0.138. The Morgan fingerprint density at radius 1 is 0.837 bits per heavy atom. The van der Waals surface area contributed by atoms with Crippen molar-refractivity contribution in [1.82, 2.24) is 4.57 Å². The number of rotatable bonds is 11. The molecule has 1 atom stereocenters. The highest BCUT2D eigenvalue weighted by Crippen LogP contribution is 2.35. The first kappa shape index (κ1) is 33.2. The van der Waals surface area contributed by atoms with Crippen molar-refractivity contribution in [2.75, 3.05) is 20.3 Å². The predicted octanol–water partition coefficient (Wildman–Crippen LogP) is 5.70. The second-order valence-electron chi connectivity index (χ2n) is 10.9. The van der Waals surface area contributed by atoms with E-state index in [1.807, 2.05) is 78.9 Å². The molecule has 6 rings (SSSR count). The number of nitrogens with zero attached hydrogens (tertiary/aromatic N) is 2. The molecule has 5 aromatic rings. The lowest BCUT2D eigenvalue weighted by Gasteiger charge is -2.26. The molecular weight excluding hydrogens is 641 g/mol. The zero-order chi connectivity index (χ0) is 34.3. The SMILES string of the molecule is CCOC(=O)C1=C(c2ccccc2)N=c2s/c(=C\c3ccccc3OCc3ccc(C(=O)OCC)cc3)c(=O)n2[C@H]1c1ccc(OC)cc1. The van der Waals surface area contributed by atoms with Crippen LogP contribution in [0.4, 0.5) is 0 Å². The van der Waals surface area contributed by atoms with Gasteiger partial charge in [-0.2, -0.15) is 0 Å². The van der Waals surface area contributed by atoms with E-state index in [1.165, 1.54) is 11.3 Å². The Labute approximate surface area is 287 Å². The molecular formula is C39H34N2O7S. The molecule has 1 aromatic heterocycles. The maximum absolute atomic E-state index is 14.3. The van der Waals surface area contributed by atoms with Gasteiger partial charge in [-0.1, -0.05) is 84.1 Å². The summed E-state index contributed by atoms with van der Waals surface area (Å²) < 4.78 is 24.2. The van der Waals surface area contributed by atoms with E-state index in [0.29, 0.717) is 49.8 Å². The molecule has 4 aromatic carbocycles. The number of esters is 2. The van der Waals surface area contributed by atoms with Gasteiger partial charge in [-0.15, -0.1) is 0 Å². The molecule has 1 aliphatic rings. The number of carbonyl (C=O) groups excluding carboxylic acids is 2. The molecule has 0 aliphatic carbocycles. The fourth-order valence-corrected chi connectivity index (χ4v) is 6.52. The Morgan fingerprint density at radius 2 is 1.51 bits per heavy atom. The quantitative estimate of drug-likeness (QED) is 0.166. The number of ether oxygens (including phenoxy) is 4. The van der Waals surface area contributed by atoms with E-state index in [0.717, 1.165) is 11.1 Å². The molecule has 0 fully saturated rings. The van der Waals surface area contributed by atoms with Crippen molar-refractivity contribution in [2.24, 2.45) is 4.99 Å². The third-order valence-corrected chi connectivity index (χ3v) is 8.85. The van der Waals surface area contributed by atoms with Gasteiger partial charge >= 0.3 is 11.9 Å². The normalized spacial score (nSPS) is 14.1. The van der Waals surface area contributed by atoms with Gasteiger partial charge in [0.2, 0.25) is 0 Å². The standard InChI is InChI=1S/C39H34N2O7S/c1-4-46-37(43)28-17-15-25(16-18-28)24-48-31-14-10-9-13-29(31)23-32-36(42)41-35(27-19-21-30(45-3)22-20-27)33(38(44)47-5-2)34(40-39(41)49-32)26-11-7-6-8-12-26/h6-23,35H,4-5,24H2,1-3H3/b32-23-/t35-/m0/s1. The fourth-order valence-electron chi connectivity index (χ4n) is 5.53. The molecule has 0 saturated heterocycles. The van der Waals surface area contributed by atoms with Crippen molar-refractivity contribution >= 4 is 35.0 Å². The molecule has 10 heteroatoms. The van der Waals surface area contributed by atoms with E-state index in [1.54, 1.807) is 55.9 Å². The summed E-state index contributed by atoms with van der Waals surface area (Å²) in [6, 6.07) is 30.4. The minimum absolute atomic E-state index is 0.163. The summed E-state index contributed by atoms with van der Waals surface area (Å²) in [6.07, 6.45) is 1.78. The topological polar surface area (TPSA) is 105 Å². The lowest BCUT2D eigenvalue weighted by Crippen LogP contribution is -2.40. The summed E-state index contributed by atoms with van der Waals surface area (Å²) in [5.41, 5.74) is 3.89. The van der Waals surface area contributed by atoms with E-state index < -0.39 is 12.0 Å². The Kier molecular flexibility index (Phi) is 10.2. The highest BCUT2D eigenvalue weighted by atomic mass is 32.1. The van der Waals surface area contributed by atoms with Crippen LogP contribution in [-0.4, -0.2) is 36.8 Å². The van der Waals surface area contributed by atoms with Gasteiger partial charge in [0.1, 0.15) is 18.1 Å². The van der Waals surface area contributed by atoms with Crippen LogP contribution in [0, 0.1) is 0 Å². The number of para-hydroxylation sites is 1. The molecule has 0 saturated carbocycles. The van der Waals surface area contributed by atoms with Gasteiger partial charge in [0.05, 0.1) is 47.7 Å². The molecule has 0 radical (unpaired) electrons. The van der Waals surface area contributed by atoms with Crippen LogP contribution < -0.4 is 24.4 Å². The number of fused-ring (bicyclic) bond motifs is 1. The Bertz CT molecular complexity index is 2190. The van der Waals surface area contributed by atoms with Gasteiger partial charge < -0.3 is 18.9 Å². The molecule has 0 unspecified atom stereocenters. The van der Waals surface area contributed by atoms with E-state index in [4.69, 9.17) is 23.9 Å². The number of methoxy groups -OCH3 is 1. The molecule has 49 heavy (non-hydrogen) atoms. The number of thiazole rings is 1. The number of hydrogen-bond acceptors (Lipinski definition) is 9. The van der Waals surface area contributed by atoms with E-state index in [2.05, 4.69) is 0 Å². The second-order valence-corrected chi connectivity index (χ2v) is 12.0. The Hall–Kier alpha value is -5.74. The number of benzene rings is 4. The summed E-state index contributed by atoms with van der Waals surface area (Å²) in [5, 5.41) is 0. The minimum atomic E-state index is -0.803. The van der Waals surface area contributed by atoms with Crippen LogP contribution in [0.25, 0.3) is 11.8 Å². The number of hydrogen-bond donors (Lipinski definition) is 0. The Balaban J connectivity index is 1.43. The lowest BCUT2D eigenvalue weighted by atomic mass is 9.93. The van der Waals surface area contributed by atoms with Crippen LogP contribution in [0.5, 0.6) is 11.5 Å². The highest BCUT2D eigenvalue weighted by molar-refractivity contribution is 7.07.